The molecule has 1 saturated carbocycles. The third-order valence-corrected chi connectivity index (χ3v) is 4.96. The van der Waals surface area contributed by atoms with Crippen molar-refractivity contribution in [2.75, 3.05) is 0 Å². The minimum absolute atomic E-state index is 0.262. The smallest absolute Gasteiger partial charge is 0.226 e. The van der Waals surface area contributed by atoms with Gasteiger partial charge in [-0.05, 0) is 44.9 Å². The molecule has 2 aliphatic carbocycles. The van der Waals surface area contributed by atoms with Crippen LogP contribution in [0.5, 0.6) is 0 Å². The van der Waals surface area contributed by atoms with Gasteiger partial charge in [0.15, 0.2) is 0 Å². The van der Waals surface area contributed by atoms with Crippen LogP contribution in [0.25, 0.3) is 0 Å². The topological polar surface area (TPSA) is 20.3 Å². The first kappa shape index (κ1) is 11.3. The van der Waals surface area contributed by atoms with Crippen LogP contribution in [0.3, 0.4) is 0 Å². The van der Waals surface area contributed by atoms with Gasteiger partial charge in [0.1, 0.15) is 0 Å². The largest absolute Gasteiger partial charge is 0.336 e. The zero-order valence-electron chi connectivity index (χ0n) is 10.8. The van der Waals surface area contributed by atoms with E-state index in [9.17, 15) is 4.79 Å². The van der Waals surface area contributed by atoms with Gasteiger partial charge in [0.25, 0.3) is 0 Å². The number of likely N-dealkylation sites (tertiary alicyclic amines) is 1. The van der Waals surface area contributed by atoms with Crippen LogP contribution >= 0.6 is 0 Å². The van der Waals surface area contributed by atoms with Gasteiger partial charge in [0, 0.05) is 18.0 Å². The Hall–Kier alpha value is -0.790. The minimum Gasteiger partial charge on any atom is -0.336 e. The Morgan fingerprint density at radius 2 is 1.88 bits per heavy atom. The highest BCUT2D eigenvalue weighted by Crippen LogP contribution is 2.41. The summed E-state index contributed by atoms with van der Waals surface area (Å²) in [6.07, 6.45) is 12.8. The van der Waals surface area contributed by atoms with Crippen molar-refractivity contribution < 1.29 is 4.79 Å². The van der Waals surface area contributed by atoms with Gasteiger partial charge in [-0.1, -0.05) is 25.0 Å². The molecule has 17 heavy (non-hydrogen) atoms. The summed E-state index contributed by atoms with van der Waals surface area (Å²) in [6, 6.07) is 1.06. The molecular formula is C15H23NO. The number of nitrogens with zero attached hydrogens (tertiary/aromatic N) is 1. The Balaban J connectivity index is 1.74. The fraction of sp³-hybridized carbons (Fsp3) is 0.800. The lowest BCUT2D eigenvalue weighted by atomic mass is 9.84. The number of carbonyl (C=O) groups is 1. The molecular weight excluding hydrogens is 210 g/mol. The molecule has 1 heterocycles. The first-order chi connectivity index (χ1) is 8.27. The zero-order chi connectivity index (χ0) is 11.8. The normalized spacial score (nSPS) is 37.5. The molecule has 0 radical (unpaired) electrons. The van der Waals surface area contributed by atoms with E-state index in [0.717, 1.165) is 18.8 Å². The Bertz CT molecular complexity index is 328. The molecule has 0 spiro atoms. The van der Waals surface area contributed by atoms with Crippen LogP contribution in [0.1, 0.15) is 51.9 Å². The highest BCUT2D eigenvalue weighted by molar-refractivity contribution is 5.80. The van der Waals surface area contributed by atoms with Gasteiger partial charge in [-0.2, -0.15) is 0 Å². The van der Waals surface area contributed by atoms with Crippen LogP contribution < -0.4 is 0 Å². The Morgan fingerprint density at radius 3 is 2.65 bits per heavy atom. The van der Waals surface area contributed by atoms with E-state index in [1.165, 1.54) is 32.1 Å². The van der Waals surface area contributed by atoms with Crippen molar-refractivity contribution in [3.8, 4) is 0 Å². The van der Waals surface area contributed by atoms with E-state index >= 15 is 0 Å². The number of fused-ring (bicyclic) bond motifs is 1. The SMILES string of the molecule is CC1CC2CCCCC2N1C(=O)C1CC=CC1. The second-order valence-corrected chi connectivity index (χ2v) is 6.08. The fourth-order valence-corrected chi connectivity index (χ4v) is 4.12. The second-order valence-electron chi connectivity index (χ2n) is 6.08. The molecule has 0 aromatic heterocycles. The van der Waals surface area contributed by atoms with E-state index in [1.807, 2.05) is 0 Å². The fourth-order valence-electron chi connectivity index (χ4n) is 4.12. The van der Waals surface area contributed by atoms with Crippen LogP contribution in [0.2, 0.25) is 0 Å². The minimum atomic E-state index is 0.262. The molecule has 3 unspecified atom stereocenters. The number of hydrogen-bond donors (Lipinski definition) is 0. The molecule has 0 N–H and O–H groups in total. The molecule has 0 aromatic carbocycles. The molecule has 0 bridgehead atoms. The van der Waals surface area contributed by atoms with Crippen molar-refractivity contribution in [2.24, 2.45) is 11.8 Å². The first-order valence-electron chi connectivity index (χ1n) is 7.24. The summed E-state index contributed by atoms with van der Waals surface area (Å²) >= 11 is 0. The maximum absolute atomic E-state index is 12.6. The van der Waals surface area contributed by atoms with E-state index in [-0.39, 0.29) is 5.92 Å². The first-order valence-corrected chi connectivity index (χ1v) is 7.24. The quantitative estimate of drug-likeness (QED) is 0.637. The van der Waals surface area contributed by atoms with Crippen LogP contribution in [0.4, 0.5) is 0 Å². The predicted octanol–water partition coefficient (Wildman–Crippen LogP) is 3.13. The Labute approximate surface area is 104 Å². The highest BCUT2D eigenvalue weighted by Gasteiger charge is 2.43. The maximum atomic E-state index is 12.6. The van der Waals surface area contributed by atoms with Crippen LogP contribution in [0, 0.1) is 11.8 Å². The van der Waals surface area contributed by atoms with E-state index in [1.54, 1.807) is 0 Å². The number of rotatable bonds is 1. The number of allylic oxidation sites excluding steroid dienone is 2. The van der Waals surface area contributed by atoms with Crippen LogP contribution in [-0.2, 0) is 4.79 Å². The van der Waals surface area contributed by atoms with Gasteiger partial charge in [-0.15, -0.1) is 0 Å². The summed E-state index contributed by atoms with van der Waals surface area (Å²) in [5, 5.41) is 0. The van der Waals surface area contributed by atoms with Gasteiger partial charge in [-0.25, -0.2) is 0 Å². The van der Waals surface area contributed by atoms with E-state index in [2.05, 4.69) is 24.0 Å². The summed E-state index contributed by atoms with van der Waals surface area (Å²) in [5.41, 5.74) is 0. The van der Waals surface area contributed by atoms with Gasteiger partial charge < -0.3 is 4.90 Å². The van der Waals surface area contributed by atoms with Crippen molar-refractivity contribution in [2.45, 2.75) is 64.0 Å². The van der Waals surface area contributed by atoms with E-state index in [0.29, 0.717) is 18.0 Å². The van der Waals surface area contributed by atoms with Crippen molar-refractivity contribution in [3.05, 3.63) is 12.2 Å². The Morgan fingerprint density at radius 1 is 1.18 bits per heavy atom. The van der Waals surface area contributed by atoms with Gasteiger partial charge >= 0.3 is 0 Å². The lowest BCUT2D eigenvalue weighted by Gasteiger charge is -2.35. The van der Waals surface area contributed by atoms with E-state index in [4.69, 9.17) is 0 Å². The molecule has 3 atom stereocenters. The molecule has 1 saturated heterocycles. The third-order valence-electron chi connectivity index (χ3n) is 4.96. The summed E-state index contributed by atoms with van der Waals surface area (Å²) in [6.45, 7) is 2.25. The standard InChI is InChI=1S/C15H23NO/c1-11-10-13-8-4-5-9-14(13)16(11)15(17)12-6-2-3-7-12/h2-3,11-14H,4-10H2,1H3. The van der Waals surface area contributed by atoms with Gasteiger partial charge in [0.2, 0.25) is 5.91 Å². The predicted molar refractivity (Wildman–Crippen MR) is 68.5 cm³/mol. The lowest BCUT2D eigenvalue weighted by Crippen LogP contribution is -2.44. The molecule has 1 amide bonds. The van der Waals surface area contributed by atoms with Crippen molar-refractivity contribution in [1.29, 1.82) is 0 Å². The second kappa shape index (κ2) is 4.47. The van der Waals surface area contributed by atoms with Gasteiger partial charge in [-0.3, -0.25) is 4.79 Å². The maximum Gasteiger partial charge on any atom is 0.226 e. The monoisotopic (exact) mass is 233 g/mol. The van der Waals surface area contributed by atoms with Crippen molar-refractivity contribution in [3.63, 3.8) is 0 Å². The van der Waals surface area contributed by atoms with Crippen molar-refractivity contribution >= 4 is 5.91 Å². The molecule has 1 aliphatic heterocycles. The lowest BCUT2D eigenvalue weighted by molar-refractivity contribution is -0.138. The highest BCUT2D eigenvalue weighted by atomic mass is 16.2. The Kier molecular flexibility index (Phi) is 2.97. The summed E-state index contributed by atoms with van der Waals surface area (Å²) < 4.78 is 0. The molecule has 2 heteroatoms. The third kappa shape index (κ3) is 1.92. The molecule has 0 aromatic rings. The number of hydrogen-bond acceptors (Lipinski definition) is 1. The summed E-state index contributed by atoms with van der Waals surface area (Å²) in [4.78, 5) is 14.9. The number of carbonyl (C=O) groups excluding carboxylic acids is 1. The van der Waals surface area contributed by atoms with Gasteiger partial charge in [0.05, 0.1) is 0 Å². The van der Waals surface area contributed by atoms with Crippen LogP contribution in [0.15, 0.2) is 12.2 Å². The number of amides is 1. The average Bonchev–Trinajstić information content (AvgIpc) is 2.94. The molecule has 2 fully saturated rings. The molecule has 3 aliphatic rings. The van der Waals surface area contributed by atoms with E-state index < -0.39 is 0 Å². The average molecular weight is 233 g/mol. The molecule has 3 rings (SSSR count). The van der Waals surface area contributed by atoms with Crippen LogP contribution in [-0.4, -0.2) is 22.9 Å². The molecule has 94 valence electrons. The molecule has 2 nitrogen and oxygen atoms in total. The zero-order valence-corrected chi connectivity index (χ0v) is 10.8. The summed E-state index contributed by atoms with van der Waals surface area (Å²) in [5.74, 6) is 1.51. The van der Waals surface area contributed by atoms with Crippen molar-refractivity contribution in [1.82, 2.24) is 4.90 Å². The summed E-state index contributed by atoms with van der Waals surface area (Å²) in [7, 11) is 0.